The van der Waals surface area contributed by atoms with Crippen LogP contribution in [0.5, 0.6) is 23.3 Å². The summed E-state index contributed by atoms with van der Waals surface area (Å²) >= 11 is 10.8. The Labute approximate surface area is 390 Å². The Kier molecular flexibility index (Phi) is 13.2. The lowest BCUT2D eigenvalue weighted by atomic mass is 10.2. The summed E-state index contributed by atoms with van der Waals surface area (Å²) in [5.74, 6) is -1.08. The highest BCUT2D eigenvalue weighted by Crippen LogP contribution is 2.34. The predicted molar refractivity (Wildman–Crippen MR) is 240 cm³/mol. The summed E-state index contributed by atoms with van der Waals surface area (Å²) in [6.45, 7) is 0.990. The highest BCUT2D eigenvalue weighted by Gasteiger charge is 2.33. The Balaban J connectivity index is 0.000000177. The van der Waals surface area contributed by atoms with Crippen LogP contribution in [0.1, 0.15) is 20.7 Å². The molecule has 0 saturated carbocycles. The molecule has 0 atom stereocenters. The Hall–Kier alpha value is -7.78. The van der Waals surface area contributed by atoms with Gasteiger partial charge in [0.2, 0.25) is 11.8 Å². The van der Waals surface area contributed by atoms with Gasteiger partial charge in [-0.2, -0.15) is 0 Å². The molecule has 0 aliphatic carbocycles. The molecule has 4 aromatic carbocycles. The van der Waals surface area contributed by atoms with Gasteiger partial charge in [0.05, 0.1) is 24.1 Å². The average molecular weight is 981 g/mol. The topological polar surface area (TPSA) is 165 Å². The number of carbonyl (C=O) groups excluding carboxylic acids is 2. The molecule has 0 spiro atoms. The highest BCUT2D eigenvalue weighted by molar-refractivity contribution is 6.33. The van der Waals surface area contributed by atoms with E-state index in [1.165, 1.54) is 65.2 Å². The summed E-state index contributed by atoms with van der Waals surface area (Å²) in [5, 5.41) is 1.57. The Morgan fingerprint density at radius 3 is 1.53 bits per heavy atom. The second-order valence-electron chi connectivity index (χ2n) is 14.3. The number of aromatic nitrogens is 6. The normalized spacial score (nSPS) is 13.7. The van der Waals surface area contributed by atoms with Crippen molar-refractivity contribution in [1.29, 1.82) is 0 Å². The van der Waals surface area contributed by atoms with Crippen molar-refractivity contribution in [2.24, 2.45) is 0 Å². The smallest absolute Gasteiger partial charge is 0.475 e. The van der Waals surface area contributed by atoms with Crippen LogP contribution >= 0.6 is 23.2 Å². The molecule has 0 bridgehead atoms. The maximum atomic E-state index is 13.1. The fourth-order valence-corrected chi connectivity index (χ4v) is 7.68. The maximum Gasteiger partial charge on any atom is 0.573 e. The van der Waals surface area contributed by atoms with E-state index in [1.54, 1.807) is 70.1 Å². The molecule has 4 aromatic heterocycles. The summed E-state index contributed by atoms with van der Waals surface area (Å²) in [6.07, 6.45) is -2.15. The molecule has 68 heavy (non-hydrogen) atoms. The first-order valence-corrected chi connectivity index (χ1v) is 21.1. The van der Waals surface area contributed by atoms with Gasteiger partial charge in [-0.1, -0.05) is 23.7 Å². The molecule has 2 amide bonds. The van der Waals surface area contributed by atoms with Crippen molar-refractivity contribution in [2.45, 2.75) is 12.7 Å². The summed E-state index contributed by atoms with van der Waals surface area (Å²) < 4.78 is 98.1. The lowest BCUT2D eigenvalue weighted by molar-refractivity contribution is -0.275. The van der Waals surface area contributed by atoms with Crippen molar-refractivity contribution >= 4 is 74.0 Å². The summed E-state index contributed by atoms with van der Waals surface area (Å²) in [6, 6.07) is 25.7. The molecule has 2 N–H and O–H groups in total. The first kappa shape index (κ1) is 46.7. The zero-order valence-corrected chi connectivity index (χ0v) is 36.5. The zero-order valence-electron chi connectivity index (χ0n) is 35.0. The molecule has 6 heterocycles. The first-order chi connectivity index (χ1) is 32.6. The van der Waals surface area contributed by atoms with Gasteiger partial charge >= 0.3 is 12.7 Å². The summed E-state index contributed by atoms with van der Waals surface area (Å²) in [7, 11) is 0. The van der Waals surface area contributed by atoms with Crippen LogP contribution in [0.3, 0.4) is 0 Å². The minimum absolute atomic E-state index is 0.00471. The van der Waals surface area contributed by atoms with Crippen molar-refractivity contribution in [2.75, 3.05) is 48.2 Å². The lowest BCUT2D eigenvalue weighted by Gasteiger charge is -2.20. The van der Waals surface area contributed by atoms with Gasteiger partial charge in [-0.25, -0.2) is 19.9 Å². The minimum atomic E-state index is -4.78. The summed E-state index contributed by atoms with van der Waals surface area (Å²) in [5.41, 5.74) is 9.78. The number of hydrogen-bond donors (Lipinski definition) is 1. The van der Waals surface area contributed by atoms with Crippen LogP contribution in [0.2, 0.25) is 5.15 Å². The first-order valence-electron chi connectivity index (χ1n) is 19.9. The molecule has 2 aliphatic heterocycles. The maximum absolute atomic E-state index is 13.1. The van der Waals surface area contributed by atoms with E-state index in [4.69, 9.17) is 26.8 Å². The number of alkyl halides is 7. The number of nitrogens with zero attached hydrogens (tertiary/aromatic N) is 8. The average Bonchev–Trinajstić information content (AvgIpc) is 3.83. The standard InChI is InChI=1S/C22H14ClF3N4O3.C22H16F3N5O3.CH3Cl/c23-19-18-20(28-12-27-19)32-9-8-30(21(18)31)15-4-5-17-13(10-15)6-7-29(17)14-2-1-3-16(11-14)33-22(24,25)26;23-22(24,25)33-16-3-1-2-14(11-16)29-7-6-13-10-15(4-5-17(13)29)30-8-9-32-20-18(21(30)31)19(26)27-12-28-20;1-2/h1-7,10-12H,8-9H2;1-7,10-12H,8-9H2,(H2,26,27,28);1H3. The van der Waals surface area contributed by atoms with Gasteiger partial charge in [0.1, 0.15) is 59.5 Å². The fraction of sp³-hybridized carbons (Fsp3) is 0.156. The van der Waals surface area contributed by atoms with Crippen LogP contribution in [-0.4, -0.2) is 86.3 Å². The van der Waals surface area contributed by atoms with Crippen molar-refractivity contribution in [3.05, 3.63) is 138 Å². The van der Waals surface area contributed by atoms with E-state index in [0.29, 0.717) is 22.7 Å². The van der Waals surface area contributed by atoms with Gasteiger partial charge in [-0.3, -0.25) is 9.59 Å². The molecule has 0 fully saturated rings. The number of hydrogen-bond acceptors (Lipinski definition) is 11. The summed E-state index contributed by atoms with van der Waals surface area (Å²) in [4.78, 5) is 45.1. The third-order valence-electron chi connectivity index (χ3n) is 10.3. The molecule has 350 valence electrons. The van der Waals surface area contributed by atoms with Crippen molar-refractivity contribution in [3.8, 4) is 34.6 Å². The molecule has 0 saturated heterocycles. The number of anilines is 3. The lowest BCUT2D eigenvalue weighted by Crippen LogP contribution is -2.32. The molecule has 8 aromatic rings. The number of benzene rings is 4. The predicted octanol–water partition coefficient (Wildman–Crippen LogP) is 9.81. The minimum Gasteiger partial charge on any atom is -0.475 e. The molecule has 0 unspecified atom stereocenters. The van der Waals surface area contributed by atoms with E-state index in [2.05, 4.69) is 41.0 Å². The van der Waals surface area contributed by atoms with Crippen LogP contribution < -0.4 is 34.5 Å². The third-order valence-corrected chi connectivity index (χ3v) is 10.5. The number of nitrogens with two attached hydrogens (primary N) is 1. The van der Waals surface area contributed by atoms with E-state index in [1.807, 2.05) is 12.1 Å². The monoisotopic (exact) mass is 979 g/mol. The Bertz CT molecular complexity index is 2960. The second kappa shape index (κ2) is 19.2. The van der Waals surface area contributed by atoms with Gasteiger partial charge in [-0.15, -0.1) is 37.9 Å². The SMILES string of the molecule is CCl.Nc1ncnc2c1C(=O)N(c1ccc3c(ccn3-c3cccc(OC(F)(F)F)c3)c1)CCO2.O=C1c2c(Cl)ncnc2OCCN1c1ccc2c(ccn2-c2cccc(OC(F)(F)F)c2)c1. The van der Waals surface area contributed by atoms with E-state index >= 15 is 0 Å². The number of ether oxygens (including phenoxy) is 4. The molecule has 15 nitrogen and oxygen atoms in total. The molecule has 2 aliphatic rings. The third kappa shape index (κ3) is 9.98. The van der Waals surface area contributed by atoms with Crippen LogP contribution in [-0.2, 0) is 0 Å². The molecule has 0 radical (unpaired) electrons. The number of nitrogen functional groups attached to an aromatic ring is 1. The van der Waals surface area contributed by atoms with Crippen molar-refractivity contribution in [3.63, 3.8) is 0 Å². The largest absolute Gasteiger partial charge is 0.573 e. The van der Waals surface area contributed by atoms with Gasteiger partial charge < -0.3 is 43.6 Å². The van der Waals surface area contributed by atoms with Crippen LogP contribution in [0.4, 0.5) is 43.5 Å². The molecule has 10 rings (SSSR count). The number of rotatable bonds is 6. The van der Waals surface area contributed by atoms with E-state index < -0.39 is 12.7 Å². The van der Waals surface area contributed by atoms with Gasteiger partial charge in [0.15, 0.2) is 0 Å². The molecular weight excluding hydrogens is 947 g/mol. The number of fused-ring (bicyclic) bond motifs is 4. The molecule has 23 heteroatoms. The quantitative estimate of drug-likeness (QED) is 0.0958. The number of carbonyl (C=O) groups is 2. The van der Waals surface area contributed by atoms with Crippen LogP contribution in [0.15, 0.2) is 122 Å². The number of amides is 2. The second-order valence-corrected chi connectivity index (χ2v) is 14.7. The van der Waals surface area contributed by atoms with Crippen molar-refractivity contribution < 1.29 is 54.9 Å². The van der Waals surface area contributed by atoms with Gasteiger partial charge in [0, 0.05) is 64.4 Å². The van der Waals surface area contributed by atoms with Crippen molar-refractivity contribution in [1.82, 2.24) is 29.1 Å². The number of halogens is 8. The fourth-order valence-electron chi connectivity index (χ4n) is 7.47. The molecular formula is C45H33Cl2F6N9O6. The van der Waals surface area contributed by atoms with E-state index in [9.17, 15) is 35.9 Å². The van der Waals surface area contributed by atoms with Crippen LogP contribution in [0.25, 0.3) is 33.2 Å². The van der Waals surface area contributed by atoms with Gasteiger partial charge in [0.25, 0.3) is 11.8 Å². The zero-order chi connectivity index (χ0) is 48.3. The Morgan fingerprint density at radius 2 is 1.04 bits per heavy atom. The van der Waals surface area contributed by atoms with Gasteiger partial charge in [-0.05, 0) is 72.8 Å². The highest BCUT2D eigenvalue weighted by atomic mass is 35.5. The Morgan fingerprint density at radius 1 is 0.588 bits per heavy atom. The van der Waals surface area contributed by atoms with E-state index in [0.717, 1.165) is 21.8 Å². The van der Waals surface area contributed by atoms with Crippen LogP contribution in [0, 0.1) is 0 Å². The van der Waals surface area contributed by atoms with E-state index in [-0.39, 0.29) is 83.5 Å².